The van der Waals surface area contributed by atoms with Gasteiger partial charge < -0.3 is 28.4 Å². The van der Waals surface area contributed by atoms with Crippen LogP contribution in [0.4, 0.5) is 0 Å². The molecule has 0 aromatic carbocycles. The lowest BCUT2D eigenvalue weighted by atomic mass is 10.2. The molecule has 0 radical (unpaired) electrons. The maximum Gasteiger partial charge on any atom is 0.0701 e. The van der Waals surface area contributed by atoms with Crippen molar-refractivity contribution >= 4 is 0 Å². The van der Waals surface area contributed by atoms with Gasteiger partial charge in [-0.2, -0.15) is 0 Å². The monoisotopic (exact) mass is 405 g/mol. The molecule has 9 heteroatoms. The van der Waals surface area contributed by atoms with E-state index in [1.54, 1.807) is 0 Å². The molecular formula is C19H39N3O6. The SMILES string of the molecule is CCCCOCCOCCOCCOCCOCCOCCCCCN=[N+]=[N-]. The summed E-state index contributed by atoms with van der Waals surface area (Å²) in [5, 5.41) is 3.49. The van der Waals surface area contributed by atoms with Crippen LogP contribution in [0.15, 0.2) is 5.11 Å². The van der Waals surface area contributed by atoms with E-state index in [4.69, 9.17) is 34.0 Å². The average molecular weight is 406 g/mol. The third-order valence-corrected chi connectivity index (χ3v) is 3.61. The first kappa shape index (κ1) is 27.1. The zero-order valence-electron chi connectivity index (χ0n) is 17.5. The highest BCUT2D eigenvalue weighted by molar-refractivity contribution is 4.48. The van der Waals surface area contributed by atoms with Crippen molar-refractivity contribution in [3.63, 3.8) is 0 Å². The van der Waals surface area contributed by atoms with Crippen molar-refractivity contribution in [1.29, 1.82) is 0 Å². The van der Waals surface area contributed by atoms with Crippen molar-refractivity contribution in [2.24, 2.45) is 5.11 Å². The average Bonchev–Trinajstić information content (AvgIpc) is 2.71. The molecule has 0 spiro atoms. The van der Waals surface area contributed by atoms with Crippen LogP contribution >= 0.6 is 0 Å². The Morgan fingerprint density at radius 2 is 0.929 bits per heavy atom. The molecule has 0 rings (SSSR count). The Kier molecular flexibility index (Phi) is 25.2. The van der Waals surface area contributed by atoms with Crippen molar-refractivity contribution < 1.29 is 28.4 Å². The largest absolute Gasteiger partial charge is 0.379 e. The van der Waals surface area contributed by atoms with Gasteiger partial charge in [-0.05, 0) is 24.8 Å². The number of nitrogens with zero attached hydrogens (tertiary/aromatic N) is 3. The van der Waals surface area contributed by atoms with Crippen LogP contribution in [0.25, 0.3) is 10.4 Å². The van der Waals surface area contributed by atoms with Crippen LogP contribution in [0.1, 0.15) is 39.0 Å². The first-order valence-electron chi connectivity index (χ1n) is 10.4. The van der Waals surface area contributed by atoms with Crippen molar-refractivity contribution in [1.82, 2.24) is 0 Å². The molecule has 0 aromatic heterocycles. The number of hydrogen-bond acceptors (Lipinski definition) is 7. The molecule has 0 aromatic rings. The molecular weight excluding hydrogens is 366 g/mol. The smallest absolute Gasteiger partial charge is 0.0701 e. The third-order valence-electron chi connectivity index (χ3n) is 3.61. The summed E-state index contributed by atoms with van der Waals surface area (Å²) in [5.74, 6) is 0. The number of ether oxygens (including phenoxy) is 6. The summed E-state index contributed by atoms with van der Waals surface area (Å²) < 4.78 is 32.5. The van der Waals surface area contributed by atoms with Crippen molar-refractivity contribution in [2.45, 2.75) is 39.0 Å². The van der Waals surface area contributed by atoms with Gasteiger partial charge in [0.25, 0.3) is 0 Å². The van der Waals surface area contributed by atoms with Crippen molar-refractivity contribution in [3.05, 3.63) is 10.4 Å². The molecule has 0 N–H and O–H groups in total. The number of unbranched alkanes of at least 4 members (excludes halogenated alkanes) is 3. The Morgan fingerprint density at radius 3 is 1.32 bits per heavy atom. The first-order valence-corrected chi connectivity index (χ1v) is 10.4. The molecule has 28 heavy (non-hydrogen) atoms. The normalized spacial score (nSPS) is 10.9. The standard InChI is InChI=1S/C19H39N3O6/c1-2-3-8-23-10-12-25-14-16-27-18-19-28-17-15-26-13-11-24-9-6-4-5-7-21-22-20/h2-19H2,1H3. The zero-order chi connectivity index (χ0) is 20.4. The Bertz CT molecular complexity index is 344. The van der Waals surface area contributed by atoms with Crippen LogP contribution in [0.5, 0.6) is 0 Å². The van der Waals surface area contributed by atoms with Gasteiger partial charge in [0.2, 0.25) is 0 Å². The number of rotatable bonds is 24. The Hall–Kier alpha value is -0.930. The van der Waals surface area contributed by atoms with E-state index < -0.39 is 0 Å². The summed E-state index contributed by atoms with van der Waals surface area (Å²) in [5.41, 5.74) is 8.14. The van der Waals surface area contributed by atoms with Gasteiger partial charge in [-0.1, -0.05) is 24.9 Å². The second-order valence-corrected chi connectivity index (χ2v) is 6.04. The summed E-state index contributed by atoms with van der Waals surface area (Å²) in [6.07, 6.45) is 5.15. The predicted octanol–water partition coefficient (Wildman–Crippen LogP) is 3.37. The van der Waals surface area contributed by atoms with E-state index in [-0.39, 0.29) is 0 Å². The summed E-state index contributed by atoms with van der Waals surface area (Å²) in [6.45, 7) is 10.00. The summed E-state index contributed by atoms with van der Waals surface area (Å²) >= 11 is 0. The predicted molar refractivity (Wildman–Crippen MR) is 108 cm³/mol. The first-order chi connectivity index (χ1) is 13.9. The van der Waals surface area contributed by atoms with E-state index in [1.165, 1.54) is 0 Å². The number of azide groups is 1. The van der Waals surface area contributed by atoms with Gasteiger partial charge in [-0.15, -0.1) is 0 Å². The zero-order valence-corrected chi connectivity index (χ0v) is 17.5. The molecule has 0 amide bonds. The molecule has 0 fully saturated rings. The molecule has 0 aliphatic carbocycles. The molecule has 0 heterocycles. The van der Waals surface area contributed by atoms with Crippen LogP contribution in [0.3, 0.4) is 0 Å². The van der Waals surface area contributed by atoms with E-state index in [2.05, 4.69) is 16.9 Å². The minimum Gasteiger partial charge on any atom is -0.379 e. The highest BCUT2D eigenvalue weighted by Gasteiger charge is 1.94. The second kappa shape index (κ2) is 26.1. The van der Waals surface area contributed by atoms with Gasteiger partial charge in [0.05, 0.1) is 66.1 Å². The number of hydrogen-bond donors (Lipinski definition) is 0. The lowest BCUT2D eigenvalue weighted by Crippen LogP contribution is -2.14. The van der Waals surface area contributed by atoms with Crippen LogP contribution in [0, 0.1) is 0 Å². The Morgan fingerprint density at radius 1 is 0.536 bits per heavy atom. The lowest BCUT2D eigenvalue weighted by molar-refractivity contribution is -0.0169. The molecule has 0 aliphatic rings. The van der Waals surface area contributed by atoms with E-state index in [0.717, 1.165) is 38.7 Å². The Labute approximate surface area is 169 Å². The summed E-state index contributed by atoms with van der Waals surface area (Å²) in [4.78, 5) is 2.71. The van der Waals surface area contributed by atoms with Crippen LogP contribution in [0.2, 0.25) is 0 Å². The minimum atomic E-state index is 0.550. The topological polar surface area (TPSA) is 104 Å². The Balaban J connectivity index is 2.98. The second-order valence-electron chi connectivity index (χ2n) is 6.04. The van der Waals surface area contributed by atoms with Gasteiger partial charge in [0.15, 0.2) is 0 Å². The van der Waals surface area contributed by atoms with Gasteiger partial charge >= 0.3 is 0 Å². The van der Waals surface area contributed by atoms with E-state index >= 15 is 0 Å². The molecule has 0 atom stereocenters. The summed E-state index contributed by atoms with van der Waals surface area (Å²) in [7, 11) is 0. The fraction of sp³-hybridized carbons (Fsp3) is 1.00. The highest BCUT2D eigenvalue weighted by atomic mass is 16.6. The quantitative estimate of drug-likeness (QED) is 0.106. The van der Waals surface area contributed by atoms with E-state index in [9.17, 15) is 0 Å². The van der Waals surface area contributed by atoms with Gasteiger partial charge in [-0.3, -0.25) is 0 Å². The highest BCUT2D eigenvalue weighted by Crippen LogP contribution is 1.96. The molecule has 0 unspecified atom stereocenters. The lowest BCUT2D eigenvalue weighted by Gasteiger charge is -2.08. The van der Waals surface area contributed by atoms with Crippen LogP contribution < -0.4 is 0 Å². The van der Waals surface area contributed by atoms with Crippen molar-refractivity contribution in [3.8, 4) is 0 Å². The van der Waals surface area contributed by atoms with Gasteiger partial charge in [0.1, 0.15) is 0 Å². The van der Waals surface area contributed by atoms with Crippen molar-refractivity contribution in [2.75, 3.05) is 85.8 Å². The molecule has 9 nitrogen and oxygen atoms in total. The van der Waals surface area contributed by atoms with Gasteiger partial charge in [0, 0.05) is 24.7 Å². The fourth-order valence-electron chi connectivity index (χ4n) is 2.06. The summed E-state index contributed by atoms with van der Waals surface area (Å²) in [6, 6.07) is 0. The molecule has 0 saturated carbocycles. The van der Waals surface area contributed by atoms with E-state index in [0.29, 0.717) is 79.2 Å². The van der Waals surface area contributed by atoms with Gasteiger partial charge in [-0.25, -0.2) is 0 Å². The molecule has 166 valence electrons. The van der Waals surface area contributed by atoms with E-state index in [1.807, 2.05) is 0 Å². The molecule has 0 bridgehead atoms. The van der Waals surface area contributed by atoms with Crippen LogP contribution in [-0.2, 0) is 28.4 Å². The fourth-order valence-corrected chi connectivity index (χ4v) is 2.06. The maximum absolute atomic E-state index is 8.14. The molecule has 0 aliphatic heterocycles. The van der Waals surface area contributed by atoms with Crippen LogP contribution in [-0.4, -0.2) is 85.8 Å². The maximum atomic E-state index is 8.14. The minimum absolute atomic E-state index is 0.550. The molecule has 0 saturated heterocycles. The third kappa shape index (κ3) is 25.1.